The molecular formula is C28H41ClO9. The summed E-state index contributed by atoms with van der Waals surface area (Å²) in [7, 11) is 0. The van der Waals surface area contributed by atoms with Crippen molar-refractivity contribution in [2.75, 3.05) is 0 Å². The van der Waals surface area contributed by atoms with Crippen LogP contribution in [0.3, 0.4) is 0 Å². The number of hydrogen-bond acceptors (Lipinski definition) is 9. The van der Waals surface area contributed by atoms with Crippen molar-refractivity contribution in [1.82, 2.24) is 0 Å². The summed E-state index contributed by atoms with van der Waals surface area (Å²) in [6.07, 6.45) is -1.58. The second kappa shape index (κ2) is 10.7. The van der Waals surface area contributed by atoms with Crippen LogP contribution in [0, 0.1) is 23.2 Å². The molecule has 0 unspecified atom stereocenters. The molecule has 2 aliphatic carbocycles. The van der Waals surface area contributed by atoms with Gasteiger partial charge in [0.05, 0.1) is 23.5 Å². The van der Waals surface area contributed by atoms with Crippen LogP contribution in [-0.4, -0.2) is 75.7 Å². The minimum Gasteiger partial charge on any atom is -0.462 e. The van der Waals surface area contributed by atoms with E-state index in [0.717, 1.165) is 12.8 Å². The average Bonchev–Trinajstić information content (AvgIpc) is 3.63. The smallest absolute Gasteiger partial charge is 0.312 e. The molecule has 10 heteroatoms. The van der Waals surface area contributed by atoms with Crippen LogP contribution in [-0.2, 0) is 33.3 Å². The Hall–Kier alpha value is -1.68. The van der Waals surface area contributed by atoms with E-state index in [1.54, 1.807) is 0 Å². The maximum absolute atomic E-state index is 12.7. The fourth-order valence-corrected chi connectivity index (χ4v) is 7.55. The van der Waals surface area contributed by atoms with Gasteiger partial charge in [-0.05, 0) is 26.2 Å². The van der Waals surface area contributed by atoms with Gasteiger partial charge in [-0.15, -0.1) is 11.6 Å². The van der Waals surface area contributed by atoms with Crippen molar-refractivity contribution in [2.24, 2.45) is 23.2 Å². The van der Waals surface area contributed by atoms with Crippen molar-refractivity contribution in [3.63, 3.8) is 0 Å². The largest absolute Gasteiger partial charge is 0.462 e. The molecular weight excluding hydrogens is 516 g/mol. The first-order chi connectivity index (χ1) is 17.8. The Morgan fingerprint density at radius 1 is 1.21 bits per heavy atom. The fraction of sp³-hybridized carbons (Fsp3) is 0.821. The van der Waals surface area contributed by atoms with Gasteiger partial charge in [0, 0.05) is 30.6 Å². The summed E-state index contributed by atoms with van der Waals surface area (Å²) >= 11 is 6.70. The monoisotopic (exact) mass is 556 g/mol. The molecule has 0 aromatic heterocycles. The van der Waals surface area contributed by atoms with Gasteiger partial charge in [0.25, 0.3) is 0 Å². The van der Waals surface area contributed by atoms with Crippen molar-refractivity contribution in [3.8, 4) is 0 Å². The number of carbonyl (C=O) groups is 3. The molecule has 0 spiro atoms. The van der Waals surface area contributed by atoms with Crippen LogP contribution in [0.1, 0.15) is 73.1 Å². The lowest BCUT2D eigenvalue weighted by Crippen LogP contribution is -2.67. The normalized spacial score (nSPS) is 46.2. The molecule has 2 aliphatic heterocycles. The first-order valence-corrected chi connectivity index (χ1v) is 14.2. The first-order valence-electron chi connectivity index (χ1n) is 13.7. The molecule has 0 aromatic carbocycles. The molecule has 0 aromatic rings. The third-order valence-electron chi connectivity index (χ3n) is 9.46. The van der Waals surface area contributed by atoms with Gasteiger partial charge in [0.2, 0.25) is 0 Å². The van der Waals surface area contributed by atoms with E-state index < -0.39 is 82.7 Å². The molecule has 2 heterocycles. The number of rotatable bonds is 6. The van der Waals surface area contributed by atoms with Gasteiger partial charge in [-0.2, -0.15) is 0 Å². The Bertz CT molecular complexity index is 970. The zero-order chi connectivity index (χ0) is 28.2. The maximum atomic E-state index is 12.7. The molecule has 4 fully saturated rings. The highest BCUT2D eigenvalue weighted by Gasteiger charge is 2.74. The van der Waals surface area contributed by atoms with Gasteiger partial charge in [-0.3, -0.25) is 14.4 Å². The van der Waals surface area contributed by atoms with E-state index in [1.807, 2.05) is 13.8 Å². The minimum atomic E-state index is -2.07. The molecule has 4 rings (SSSR count). The van der Waals surface area contributed by atoms with E-state index in [9.17, 15) is 24.6 Å². The number of halogens is 1. The van der Waals surface area contributed by atoms with Crippen molar-refractivity contribution in [3.05, 3.63) is 12.2 Å². The molecule has 0 bridgehead atoms. The molecule has 0 amide bonds. The summed E-state index contributed by atoms with van der Waals surface area (Å²) < 4.78 is 23.4. The zero-order valence-corrected chi connectivity index (χ0v) is 23.6. The Morgan fingerprint density at radius 2 is 1.89 bits per heavy atom. The standard InChI is InChI=1S/C28H41ClO9/c1-7-8-9-10-18(31)36-21-14(3)19-23(32)28(34)15(4)26(33)38-24(28)20(29)13(2)11-12-17(35-16(5)30)27(19,6)25-22(21)37-25/h14-15,17,19-25,32,34H,2,7-12H2,1,3-6H3/t14-,15+,17+,19-,20+,21+,22+,23+,24+,25+,27-,28-/m1/s1. The van der Waals surface area contributed by atoms with Gasteiger partial charge in [-0.25, -0.2) is 0 Å². The van der Waals surface area contributed by atoms with Gasteiger partial charge in [0.15, 0.2) is 6.10 Å². The quantitative estimate of drug-likeness (QED) is 0.126. The van der Waals surface area contributed by atoms with E-state index in [-0.39, 0.29) is 12.4 Å². The van der Waals surface area contributed by atoms with Gasteiger partial charge in [0.1, 0.15) is 23.9 Å². The van der Waals surface area contributed by atoms with Gasteiger partial charge < -0.3 is 29.2 Å². The molecule has 2 N–H and O–H groups in total. The third-order valence-corrected chi connectivity index (χ3v) is 10.0. The van der Waals surface area contributed by atoms with Gasteiger partial charge in [-0.1, -0.05) is 45.8 Å². The molecule has 38 heavy (non-hydrogen) atoms. The maximum Gasteiger partial charge on any atom is 0.312 e. The van der Waals surface area contributed by atoms with Crippen LogP contribution in [0.4, 0.5) is 0 Å². The van der Waals surface area contributed by atoms with E-state index in [0.29, 0.717) is 24.8 Å². The van der Waals surface area contributed by atoms with Crippen molar-refractivity contribution >= 4 is 29.5 Å². The predicted molar refractivity (Wildman–Crippen MR) is 137 cm³/mol. The highest BCUT2D eigenvalue weighted by molar-refractivity contribution is 6.23. The van der Waals surface area contributed by atoms with Crippen LogP contribution in [0.15, 0.2) is 12.2 Å². The number of fused-ring (bicyclic) bond motifs is 4. The van der Waals surface area contributed by atoms with E-state index in [1.165, 1.54) is 13.8 Å². The first kappa shape index (κ1) is 29.3. The Kier molecular flexibility index (Phi) is 8.26. The molecule has 0 radical (unpaired) electrons. The number of aliphatic hydroxyl groups is 2. The number of alkyl halides is 1. The number of ether oxygens (including phenoxy) is 4. The molecule has 12 atom stereocenters. The van der Waals surface area contributed by atoms with Crippen molar-refractivity contribution in [1.29, 1.82) is 0 Å². The summed E-state index contributed by atoms with van der Waals surface area (Å²) in [5.41, 5.74) is -2.55. The zero-order valence-electron chi connectivity index (χ0n) is 22.9. The second-order valence-corrected chi connectivity index (χ2v) is 12.3. The Morgan fingerprint density at radius 3 is 2.53 bits per heavy atom. The number of hydrogen-bond donors (Lipinski definition) is 2. The highest BCUT2D eigenvalue weighted by atomic mass is 35.5. The van der Waals surface area contributed by atoms with Crippen molar-refractivity contribution < 1.29 is 43.5 Å². The molecule has 2 saturated heterocycles. The van der Waals surface area contributed by atoms with E-state index in [4.69, 9.17) is 30.5 Å². The lowest BCUT2D eigenvalue weighted by atomic mass is 9.53. The van der Waals surface area contributed by atoms with E-state index >= 15 is 0 Å². The van der Waals surface area contributed by atoms with Crippen LogP contribution in [0.2, 0.25) is 0 Å². The third kappa shape index (κ3) is 4.67. The summed E-state index contributed by atoms with van der Waals surface area (Å²) in [4.78, 5) is 37.7. The Balaban J connectivity index is 1.78. The highest BCUT2D eigenvalue weighted by Crippen LogP contribution is 2.61. The summed E-state index contributed by atoms with van der Waals surface area (Å²) in [5, 5.41) is 23.2. The SMILES string of the molecule is C=C1CC[C@H](OC(C)=O)[C@]2(C)[C@H]([C@@H](C)[C@H](OC(=O)CCCCC)[C@@H]3O[C@@H]32)[C@H](O)[C@]2(O)[C@@H](C)C(=O)O[C@H]2[C@H]1Cl. The van der Waals surface area contributed by atoms with Crippen molar-refractivity contribution in [2.45, 2.75) is 121 Å². The number of epoxide rings is 1. The summed E-state index contributed by atoms with van der Waals surface area (Å²) in [6, 6.07) is 0. The summed E-state index contributed by atoms with van der Waals surface area (Å²) in [5.74, 6) is -3.92. The number of carbonyl (C=O) groups excluding carboxylic acids is 3. The number of unbranched alkanes of at least 4 members (excludes halogenated alkanes) is 2. The average molecular weight is 557 g/mol. The molecule has 9 nitrogen and oxygen atoms in total. The van der Waals surface area contributed by atoms with E-state index in [2.05, 4.69) is 13.5 Å². The number of esters is 3. The molecule has 214 valence electrons. The topological polar surface area (TPSA) is 132 Å². The molecule has 4 aliphatic rings. The minimum absolute atomic E-state index is 0.274. The lowest BCUT2D eigenvalue weighted by Gasteiger charge is -2.54. The molecule has 2 saturated carbocycles. The van der Waals surface area contributed by atoms with Crippen LogP contribution in [0.25, 0.3) is 0 Å². The summed E-state index contributed by atoms with van der Waals surface area (Å²) in [6.45, 7) is 12.6. The van der Waals surface area contributed by atoms with Crippen LogP contribution >= 0.6 is 11.6 Å². The van der Waals surface area contributed by atoms with Crippen LogP contribution in [0.5, 0.6) is 0 Å². The Labute approximate surface area is 229 Å². The predicted octanol–water partition coefficient (Wildman–Crippen LogP) is 3.06. The fourth-order valence-electron chi connectivity index (χ4n) is 7.19. The van der Waals surface area contributed by atoms with Gasteiger partial charge >= 0.3 is 17.9 Å². The lowest BCUT2D eigenvalue weighted by molar-refractivity contribution is -0.214. The number of aliphatic hydroxyl groups excluding tert-OH is 1. The van der Waals surface area contributed by atoms with Crippen LogP contribution < -0.4 is 0 Å². The second-order valence-electron chi connectivity index (χ2n) is 11.8.